The third-order valence-corrected chi connectivity index (χ3v) is 6.63. The van der Waals surface area contributed by atoms with Gasteiger partial charge < -0.3 is 4.74 Å². The Morgan fingerprint density at radius 1 is 0.771 bits per heavy atom. The quantitative estimate of drug-likeness (QED) is 0.251. The summed E-state index contributed by atoms with van der Waals surface area (Å²) in [4.78, 5) is 30.5. The van der Waals surface area contributed by atoms with Crippen molar-refractivity contribution in [2.24, 2.45) is 0 Å². The molecule has 0 unspecified atom stereocenters. The average molecular weight is 485 g/mol. The number of hydrogen-bond donors (Lipinski definition) is 0. The first-order valence-electron chi connectivity index (χ1n) is 11.5. The number of nitrogens with zero attached hydrogens (tertiary/aromatic N) is 2. The van der Waals surface area contributed by atoms with E-state index in [1.807, 2.05) is 95.3 Å². The summed E-state index contributed by atoms with van der Waals surface area (Å²) in [5.74, 6) is -0.323. The number of anilines is 2. The predicted octanol–water partition coefficient (Wildman–Crippen LogP) is 6.07. The molecule has 35 heavy (non-hydrogen) atoms. The molecule has 4 rings (SSSR count). The van der Waals surface area contributed by atoms with Crippen LogP contribution in [0.15, 0.2) is 66.2 Å². The normalized spacial score (nSPS) is 14.0. The maximum Gasteiger partial charge on any atom is 0.270 e. The standard InChI is InChI=1S/C29H28N2O3S/c1-6-34-26-10-8-7-9-22(26)17-25-27(32)30(23-13-11-18(2)20(4)15-23)29(35)31(28(25)33)24-14-12-19(3)21(5)16-24/h7-17H,6H2,1-5H3. The Labute approximate surface area is 211 Å². The molecule has 1 saturated heterocycles. The van der Waals surface area contributed by atoms with Crippen LogP contribution in [0, 0.1) is 27.7 Å². The summed E-state index contributed by atoms with van der Waals surface area (Å²) in [6, 6.07) is 18.8. The fourth-order valence-corrected chi connectivity index (χ4v) is 4.33. The van der Waals surface area contributed by atoms with Crippen molar-refractivity contribution in [1.82, 2.24) is 0 Å². The number of para-hydroxylation sites is 1. The van der Waals surface area contributed by atoms with Gasteiger partial charge in [-0.05, 0) is 105 Å². The van der Waals surface area contributed by atoms with Gasteiger partial charge in [0.15, 0.2) is 5.11 Å². The van der Waals surface area contributed by atoms with E-state index in [4.69, 9.17) is 17.0 Å². The molecule has 0 aromatic heterocycles. The summed E-state index contributed by atoms with van der Waals surface area (Å²) in [5, 5.41) is 0.127. The molecule has 178 valence electrons. The number of amides is 2. The van der Waals surface area contributed by atoms with Crippen LogP contribution in [0.4, 0.5) is 11.4 Å². The molecule has 1 aliphatic heterocycles. The zero-order chi connectivity index (χ0) is 25.3. The van der Waals surface area contributed by atoms with Gasteiger partial charge in [0.25, 0.3) is 11.8 Å². The van der Waals surface area contributed by atoms with Crippen molar-refractivity contribution in [3.63, 3.8) is 0 Å². The van der Waals surface area contributed by atoms with Gasteiger partial charge >= 0.3 is 0 Å². The molecular formula is C29H28N2O3S. The highest BCUT2D eigenvalue weighted by atomic mass is 32.1. The van der Waals surface area contributed by atoms with Gasteiger partial charge in [-0.2, -0.15) is 0 Å². The molecule has 0 aliphatic carbocycles. The monoisotopic (exact) mass is 484 g/mol. The number of carbonyl (C=O) groups is 2. The topological polar surface area (TPSA) is 49.9 Å². The summed E-state index contributed by atoms with van der Waals surface area (Å²) in [7, 11) is 0. The van der Waals surface area contributed by atoms with E-state index in [1.165, 1.54) is 9.80 Å². The number of hydrogen-bond acceptors (Lipinski definition) is 4. The Morgan fingerprint density at radius 2 is 1.29 bits per heavy atom. The van der Waals surface area contributed by atoms with E-state index in [0.717, 1.165) is 22.3 Å². The molecule has 0 radical (unpaired) electrons. The van der Waals surface area contributed by atoms with E-state index < -0.39 is 11.8 Å². The molecule has 1 heterocycles. The minimum absolute atomic E-state index is 0.0159. The van der Waals surface area contributed by atoms with Crippen molar-refractivity contribution in [3.8, 4) is 5.75 Å². The van der Waals surface area contributed by atoms with Gasteiger partial charge in [0.1, 0.15) is 11.3 Å². The number of thiocarbonyl (C=S) groups is 1. The summed E-state index contributed by atoms with van der Waals surface area (Å²) in [5.41, 5.74) is 6.17. The molecule has 1 fully saturated rings. The zero-order valence-electron chi connectivity index (χ0n) is 20.6. The lowest BCUT2D eigenvalue weighted by Crippen LogP contribution is -2.57. The Kier molecular flexibility index (Phi) is 6.85. The van der Waals surface area contributed by atoms with Crippen molar-refractivity contribution in [2.45, 2.75) is 34.6 Å². The number of rotatable bonds is 5. The molecule has 5 nitrogen and oxygen atoms in total. The van der Waals surface area contributed by atoms with E-state index in [2.05, 4.69) is 0 Å². The molecule has 2 amide bonds. The van der Waals surface area contributed by atoms with Crippen LogP contribution in [-0.4, -0.2) is 23.5 Å². The lowest BCUT2D eigenvalue weighted by Gasteiger charge is -2.37. The molecule has 1 aliphatic rings. The number of ether oxygens (including phenoxy) is 1. The molecule has 0 saturated carbocycles. The molecule has 0 spiro atoms. The van der Waals surface area contributed by atoms with Crippen molar-refractivity contribution < 1.29 is 14.3 Å². The van der Waals surface area contributed by atoms with E-state index in [-0.39, 0.29) is 10.7 Å². The number of carbonyl (C=O) groups excluding carboxylic acids is 2. The van der Waals surface area contributed by atoms with Crippen molar-refractivity contribution >= 4 is 46.6 Å². The van der Waals surface area contributed by atoms with Gasteiger partial charge in [0.2, 0.25) is 0 Å². The molecule has 6 heteroatoms. The second-order valence-corrected chi connectivity index (χ2v) is 8.99. The highest BCUT2D eigenvalue weighted by molar-refractivity contribution is 7.81. The largest absolute Gasteiger partial charge is 0.493 e. The Morgan fingerprint density at radius 3 is 1.77 bits per heavy atom. The lowest BCUT2D eigenvalue weighted by atomic mass is 10.0. The second kappa shape index (κ2) is 9.84. The summed E-state index contributed by atoms with van der Waals surface area (Å²) in [6.45, 7) is 10.3. The van der Waals surface area contributed by atoms with E-state index >= 15 is 0 Å². The zero-order valence-corrected chi connectivity index (χ0v) is 21.4. The second-order valence-electron chi connectivity index (χ2n) is 8.63. The molecule has 0 atom stereocenters. The summed E-state index contributed by atoms with van der Waals surface area (Å²) < 4.78 is 5.73. The predicted molar refractivity (Wildman–Crippen MR) is 145 cm³/mol. The van der Waals surface area contributed by atoms with Crippen LogP contribution in [0.1, 0.15) is 34.7 Å². The fraction of sp³-hybridized carbons (Fsp3) is 0.207. The maximum atomic E-state index is 13.8. The number of benzene rings is 3. The van der Waals surface area contributed by atoms with E-state index in [0.29, 0.717) is 29.3 Å². The first-order valence-corrected chi connectivity index (χ1v) is 11.9. The molecule has 3 aromatic carbocycles. The lowest BCUT2D eigenvalue weighted by molar-refractivity contribution is -0.120. The number of aryl methyl sites for hydroxylation is 4. The minimum Gasteiger partial charge on any atom is -0.493 e. The van der Waals surface area contributed by atoms with Crippen LogP contribution in [0.3, 0.4) is 0 Å². The van der Waals surface area contributed by atoms with Gasteiger partial charge in [-0.1, -0.05) is 30.3 Å². The third-order valence-electron chi connectivity index (χ3n) is 6.27. The van der Waals surface area contributed by atoms with Crippen LogP contribution in [-0.2, 0) is 9.59 Å². The highest BCUT2D eigenvalue weighted by Gasteiger charge is 2.41. The van der Waals surface area contributed by atoms with Crippen LogP contribution >= 0.6 is 12.2 Å². The molecule has 0 bridgehead atoms. The smallest absolute Gasteiger partial charge is 0.270 e. The average Bonchev–Trinajstić information content (AvgIpc) is 2.82. The Balaban J connectivity index is 1.91. The van der Waals surface area contributed by atoms with Crippen LogP contribution in [0.25, 0.3) is 6.08 Å². The van der Waals surface area contributed by atoms with Gasteiger partial charge in [0, 0.05) is 5.56 Å². The van der Waals surface area contributed by atoms with Gasteiger partial charge in [0.05, 0.1) is 18.0 Å². The summed E-state index contributed by atoms with van der Waals surface area (Å²) >= 11 is 5.76. The van der Waals surface area contributed by atoms with E-state index in [9.17, 15) is 9.59 Å². The Hall–Kier alpha value is -3.77. The SMILES string of the molecule is CCOc1ccccc1C=C1C(=O)N(c2ccc(C)c(C)c2)C(=S)N(c2ccc(C)c(C)c2)C1=O. The highest BCUT2D eigenvalue weighted by Crippen LogP contribution is 2.32. The van der Waals surface area contributed by atoms with Gasteiger partial charge in [-0.3, -0.25) is 19.4 Å². The van der Waals surface area contributed by atoms with Crippen molar-refractivity contribution in [1.29, 1.82) is 0 Å². The van der Waals surface area contributed by atoms with Crippen LogP contribution < -0.4 is 14.5 Å². The third kappa shape index (κ3) is 4.62. The Bertz CT molecular complexity index is 1300. The van der Waals surface area contributed by atoms with Gasteiger partial charge in [-0.15, -0.1) is 0 Å². The fourth-order valence-electron chi connectivity index (χ4n) is 3.96. The summed E-state index contributed by atoms with van der Waals surface area (Å²) in [6.07, 6.45) is 1.60. The van der Waals surface area contributed by atoms with E-state index in [1.54, 1.807) is 6.08 Å². The van der Waals surface area contributed by atoms with Crippen molar-refractivity contribution in [3.05, 3.63) is 94.1 Å². The van der Waals surface area contributed by atoms with Crippen LogP contribution in [0.5, 0.6) is 5.75 Å². The maximum absolute atomic E-state index is 13.8. The van der Waals surface area contributed by atoms with Gasteiger partial charge in [-0.25, -0.2) is 0 Å². The van der Waals surface area contributed by atoms with Crippen LogP contribution in [0.2, 0.25) is 0 Å². The minimum atomic E-state index is -0.463. The first kappa shape index (κ1) is 24.4. The molecule has 0 N–H and O–H groups in total. The molecule has 3 aromatic rings. The molecular weight excluding hydrogens is 456 g/mol. The van der Waals surface area contributed by atoms with Crippen molar-refractivity contribution in [2.75, 3.05) is 16.4 Å². The first-order chi connectivity index (χ1) is 16.7.